The lowest BCUT2D eigenvalue weighted by atomic mass is 9.73. The number of ether oxygens (including phenoxy) is 2. The lowest BCUT2D eigenvalue weighted by Crippen LogP contribution is -2.48. The highest BCUT2D eigenvalue weighted by atomic mass is 19.4. The van der Waals surface area contributed by atoms with E-state index in [2.05, 4.69) is 5.32 Å². The highest BCUT2D eigenvalue weighted by Crippen LogP contribution is 2.42. The van der Waals surface area contributed by atoms with Gasteiger partial charge in [-0.2, -0.15) is 13.2 Å². The number of benzene rings is 1. The van der Waals surface area contributed by atoms with E-state index >= 15 is 0 Å². The van der Waals surface area contributed by atoms with E-state index < -0.39 is 23.9 Å². The van der Waals surface area contributed by atoms with Crippen LogP contribution in [0.4, 0.5) is 13.2 Å². The van der Waals surface area contributed by atoms with E-state index in [0.717, 1.165) is 11.3 Å². The summed E-state index contributed by atoms with van der Waals surface area (Å²) in [5.41, 5.74) is 0.724. The maximum Gasteiger partial charge on any atom is 0.392 e. The van der Waals surface area contributed by atoms with E-state index in [1.807, 2.05) is 31.2 Å². The van der Waals surface area contributed by atoms with Crippen LogP contribution in [0, 0.1) is 11.8 Å². The number of rotatable bonds is 6. The number of amides is 1. The second-order valence-corrected chi connectivity index (χ2v) is 8.11. The minimum atomic E-state index is -4.33. The summed E-state index contributed by atoms with van der Waals surface area (Å²) >= 11 is 0. The molecule has 1 N–H and O–H groups in total. The van der Waals surface area contributed by atoms with Crippen molar-refractivity contribution in [3.8, 4) is 5.75 Å². The van der Waals surface area contributed by atoms with Crippen LogP contribution in [0.2, 0.25) is 0 Å². The normalized spacial score (nSPS) is 24.7. The summed E-state index contributed by atoms with van der Waals surface area (Å²) in [7, 11) is 0. The Bertz CT molecular complexity index is 669. The molecular weight excluding hydrogens is 383 g/mol. The van der Waals surface area contributed by atoms with Gasteiger partial charge in [-0.25, -0.2) is 0 Å². The fraction of sp³-hybridized carbons (Fsp3) is 0.682. The summed E-state index contributed by atoms with van der Waals surface area (Å²) in [4.78, 5) is 12.7. The molecule has 0 spiro atoms. The van der Waals surface area contributed by atoms with Crippen molar-refractivity contribution in [3.05, 3.63) is 29.8 Å². The van der Waals surface area contributed by atoms with E-state index in [9.17, 15) is 18.0 Å². The SMILES string of the molecule is CCOc1ccc(C2(CNC(=O)C3CCCCC3C(F)(F)F)CCOCC2)cc1. The lowest BCUT2D eigenvalue weighted by Gasteiger charge is -2.39. The summed E-state index contributed by atoms with van der Waals surface area (Å²) in [6, 6.07) is 7.78. The number of hydrogen-bond donors (Lipinski definition) is 1. The molecule has 1 heterocycles. The molecule has 1 amide bonds. The molecule has 1 saturated heterocycles. The maximum absolute atomic E-state index is 13.4. The van der Waals surface area contributed by atoms with Gasteiger partial charge < -0.3 is 14.8 Å². The zero-order chi connectivity index (χ0) is 20.9. The minimum absolute atomic E-state index is 0.0411. The summed E-state index contributed by atoms with van der Waals surface area (Å²) < 4.78 is 51.1. The Morgan fingerprint density at radius 3 is 2.45 bits per heavy atom. The third-order valence-corrected chi connectivity index (χ3v) is 6.35. The molecule has 3 rings (SSSR count). The average Bonchev–Trinajstić information content (AvgIpc) is 2.73. The van der Waals surface area contributed by atoms with Crippen molar-refractivity contribution in [2.45, 2.75) is 57.0 Å². The first-order valence-corrected chi connectivity index (χ1v) is 10.5. The first kappa shape index (κ1) is 21.9. The Hall–Kier alpha value is -1.76. The van der Waals surface area contributed by atoms with Crippen LogP contribution < -0.4 is 10.1 Å². The first-order chi connectivity index (χ1) is 13.9. The van der Waals surface area contributed by atoms with Crippen LogP contribution in [0.1, 0.15) is 51.0 Å². The summed E-state index contributed by atoms with van der Waals surface area (Å²) in [5, 5.41) is 2.88. The lowest BCUT2D eigenvalue weighted by molar-refractivity contribution is -0.198. The molecule has 0 radical (unpaired) electrons. The van der Waals surface area contributed by atoms with Crippen molar-refractivity contribution >= 4 is 5.91 Å². The van der Waals surface area contributed by atoms with Crippen LogP contribution in [0.5, 0.6) is 5.75 Å². The van der Waals surface area contributed by atoms with Gasteiger partial charge in [0.1, 0.15) is 5.75 Å². The van der Waals surface area contributed by atoms with Crippen LogP contribution in [0.15, 0.2) is 24.3 Å². The second kappa shape index (κ2) is 9.37. The predicted molar refractivity (Wildman–Crippen MR) is 104 cm³/mol. The van der Waals surface area contributed by atoms with E-state index in [4.69, 9.17) is 9.47 Å². The summed E-state index contributed by atoms with van der Waals surface area (Å²) in [6.07, 6.45) is -1.35. The molecule has 2 aliphatic rings. The van der Waals surface area contributed by atoms with Gasteiger partial charge in [0, 0.05) is 31.1 Å². The van der Waals surface area contributed by atoms with Gasteiger partial charge in [0.05, 0.1) is 12.5 Å². The number of nitrogens with one attached hydrogen (secondary N) is 1. The monoisotopic (exact) mass is 413 g/mol. The zero-order valence-electron chi connectivity index (χ0n) is 16.9. The van der Waals surface area contributed by atoms with Gasteiger partial charge in [0.15, 0.2) is 0 Å². The molecular formula is C22H30F3NO3. The predicted octanol–water partition coefficient (Wildman–Crippen LogP) is 4.62. The third kappa shape index (κ3) is 5.24. The molecule has 0 bridgehead atoms. The third-order valence-electron chi connectivity index (χ3n) is 6.35. The number of carbonyl (C=O) groups is 1. The van der Waals surface area contributed by atoms with Crippen molar-refractivity contribution in [1.82, 2.24) is 5.32 Å². The quantitative estimate of drug-likeness (QED) is 0.740. The summed E-state index contributed by atoms with van der Waals surface area (Å²) in [6.45, 7) is 3.96. The van der Waals surface area contributed by atoms with Gasteiger partial charge in [-0.05, 0) is 50.3 Å². The van der Waals surface area contributed by atoms with E-state index in [0.29, 0.717) is 58.5 Å². The van der Waals surface area contributed by atoms with Gasteiger partial charge in [0.25, 0.3) is 0 Å². The van der Waals surface area contributed by atoms with E-state index in [1.54, 1.807) is 0 Å². The molecule has 29 heavy (non-hydrogen) atoms. The Morgan fingerprint density at radius 1 is 1.17 bits per heavy atom. The number of alkyl halides is 3. The molecule has 1 aliphatic carbocycles. The first-order valence-electron chi connectivity index (χ1n) is 10.5. The van der Waals surface area contributed by atoms with Crippen LogP contribution in [0.25, 0.3) is 0 Å². The standard InChI is InChI=1S/C22H30F3NO3/c1-2-29-17-9-7-16(8-10-17)21(11-13-28-14-12-21)15-26-20(27)18-5-3-4-6-19(18)22(23,24)25/h7-10,18-19H,2-6,11-15H2,1H3,(H,26,27). The van der Waals surface area contributed by atoms with Crippen LogP contribution >= 0.6 is 0 Å². The average molecular weight is 413 g/mol. The fourth-order valence-corrected chi connectivity index (χ4v) is 4.62. The Labute approximate surface area is 170 Å². The van der Waals surface area contributed by atoms with Crippen molar-refractivity contribution in [2.75, 3.05) is 26.4 Å². The molecule has 2 atom stereocenters. The molecule has 2 unspecified atom stereocenters. The molecule has 4 nitrogen and oxygen atoms in total. The molecule has 2 fully saturated rings. The molecule has 0 aromatic heterocycles. The van der Waals surface area contributed by atoms with E-state index in [1.165, 1.54) is 0 Å². The van der Waals surface area contributed by atoms with Gasteiger partial charge in [-0.15, -0.1) is 0 Å². The fourth-order valence-electron chi connectivity index (χ4n) is 4.62. The molecule has 1 aromatic carbocycles. The zero-order valence-corrected chi connectivity index (χ0v) is 16.9. The van der Waals surface area contributed by atoms with Crippen LogP contribution in [0.3, 0.4) is 0 Å². The van der Waals surface area contributed by atoms with Crippen molar-refractivity contribution in [3.63, 3.8) is 0 Å². The van der Waals surface area contributed by atoms with Crippen molar-refractivity contribution in [1.29, 1.82) is 0 Å². The van der Waals surface area contributed by atoms with E-state index in [-0.39, 0.29) is 11.8 Å². The van der Waals surface area contributed by atoms with Crippen LogP contribution in [-0.2, 0) is 14.9 Å². The van der Waals surface area contributed by atoms with Gasteiger partial charge in [-0.3, -0.25) is 4.79 Å². The highest BCUT2D eigenvalue weighted by Gasteiger charge is 2.48. The molecule has 7 heteroatoms. The Balaban J connectivity index is 1.72. The number of halogens is 3. The van der Waals surface area contributed by atoms with Crippen molar-refractivity contribution in [2.24, 2.45) is 11.8 Å². The summed E-state index contributed by atoms with van der Waals surface area (Å²) in [5.74, 6) is -2.21. The molecule has 162 valence electrons. The Morgan fingerprint density at radius 2 is 1.83 bits per heavy atom. The van der Waals surface area contributed by atoms with Gasteiger partial charge in [0.2, 0.25) is 5.91 Å². The van der Waals surface area contributed by atoms with Crippen LogP contribution in [-0.4, -0.2) is 38.4 Å². The molecule has 1 aliphatic heterocycles. The Kier molecular flexibility index (Phi) is 7.09. The smallest absolute Gasteiger partial charge is 0.392 e. The largest absolute Gasteiger partial charge is 0.494 e. The molecule has 1 aromatic rings. The minimum Gasteiger partial charge on any atom is -0.494 e. The number of carbonyl (C=O) groups excluding carboxylic acids is 1. The van der Waals surface area contributed by atoms with Gasteiger partial charge >= 0.3 is 6.18 Å². The van der Waals surface area contributed by atoms with Crippen molar-refractivity contribution < 1.29 is 27.4 Å². The molecule has 1 saturated carbocycles. The maximum atomic E-state index is 13.4. The second-order valence-electron chi connectivity index (χ2n) is 8.11. The number of hydrogen-bond acceptors (Lipinski definition) is 3. The van der Waals surface area contributed by atoms with Gasteiger partial charge in [-0.1, -0.05) is 25.0 Å². The topological polar surface area (TPSA) is 47.6 Å². The highest BCUT2D eigenvalue weighted by molar-refractivity contribution is 5.79.